The van der Waals surface area contributed by atoms with E-state index in [9.17, 15) is 0 Å². The molecular weight excluding hydrogens is 368 g/mol. The molecule has 0 fully saturated rings. The second-order valence-corrected chi connectivity index (χ2v) is 7.69. The van der Waals surface area contributed by atoms with Crippen LogP contribution in [0.2, 0.25) is 0 Å². The molecule has 0 aliphatic carbocycles. The molecule has 0 bridgehead atoms. The van der Waals surface area contributed by atoms with Crippen LogP contribution in [-0.4, -0.2) is 18.0 Å². The normalized spacial score (nSPS) is 11.3. The van der Waals surface area contributed by atoms with Crippen LogP contribution in [0.3, 0.4) is 0 Å². The molecule has 2 aromatic carbocycles. The molecule has 1 aromatic heterocycles. The van der Waals surface area contributed by atoms with E-state index < -0.39 is 0 Å². The maximum atomic E-state index is 6.03. The van der Waals surface area contributed by atoms with Gasteiger partial charge in [-0.1, -0.05) is 48.5 Å². The Kier molecular flexibility index (Phi) is 7.03. The van der Waals surface area contributed by atoms with E-state index in [1.54, 1.807) is 18.4 Å². The van der Waals surface area contributed by atoms with Gasteiger partial charge in [-0.15, -0.1) is 11.3 Å². The Morgan fingerprint density at radius 2 is 1.71 bits per heavy atom. The van der Waals surface area contributed by atoms with Gasteiger partial charge in [-0.3, -0.25) is 4.99 Å². The van der Waals surface area contributed by atoms with E-state index in [1.165, 1.54) is 4.88 Å². The minimum absolute atomic E-state index is 0.550. The Bertz CT molecular complexity index is 921. The van der Waals surface area contributed by atoms with Gasteiger partial charge in [0.2, 0.25) is 0 Å². The summed E-state index contributed by atoms with van der Waals surface area (Å²) in [4.78, 5) is 10.0. The zero-order valence-electron chi connectivity index (χ0n) is 16.5. The number of aromatic nitrogens is 1. The summed E-state index contributed by atoms with van der Waals surface area (Å²) in [5, 5.41) is 7.80. The average Bonchev–Trinajstić information content (AvgIpc) is 3.05. The fraction of sp³-hybridized carbons (Fsp3) is 0.273. The first-order valence-corrected chi connectivity index (χ1v) is 10.1. The lowest BCUT2D eigenvalue weighted by Crippen LogP contribution is -2.36. The summed E-state index contributed by atoms with van der Waals surface area (Å²) in [7, 11) is 1.78. The summed E-state index contributed by atoms with van der Waals surface area (Å²) < 4.78 is 6.03. The van der Waals surface area contributed by atoms with Gasteiger partial charge in [-0.2, -0.15) is 0 Å². The van der Waals surface area contributed by atoms with Crippen molar-refractivity contribution in [3.63, 3.8) is 0 Å². The van der Waals surface area contributed by atoms with Crippen LogP contribution in [0.5, 0.6) is 5.75 Å². The summed E-state index contributed by atoms with van der Waals surface area (Å²) in [6, 6.07) is 18.3. The maximum Gasteiger partial charge on any atom is 0.191 e. The highest BCUT2D eigenvalue weighted by Gasteiger charge is 2.08. The SMILES string of the molecule is CN=C(NCc1ccccc1OCc1ccccc1)NCc1sc(C)nc1C. The number of thiazole rings is 1. The lowest BCUT2D eigenvalue weighted by atomic mass is 10.2. The van der Waals surface area contributed by atoms with Gasteiger partial charge in [0.1, 0.15) is 12.4 Å². The average molecular weight is 395 g/mol. The number of hydrogen-bond acceptors (Lipinski definition) is 4. The molecular formula is C22H26N4OS. The number of rotatable bonds is 7. The van der Waals surface area contributed by atoms with Gasteiger partial charge in [0, 0.05) is 24.0 Å². The molecule has 0 saturated carbocycles. The van der Waals surface area contributed by atoms with Crippen molar-refractivity contribution < 1.29 is 4.74 Å². The summed E-state index contributed by atoms with van der Waals surface area (Å²) in [6.45, 7) is 5.96. The maximum absolute atomic E-state index is 6.03. The number of ether oxygens (including phenoxy) is 1. The van der Waals surface area contributed by atoms with Crippen molar-refractivity contribution in [2.75, 3.05) is 7.05 Å². The third-order valence-electron chi connectivity index (χ3n) is 4.30. The van der Waals surface area contributed by atoms with Crippen molar-refractivity contribution in [1.82, 2.24) is 15.6 Å². The monoisotopic (exact) mass is 394 g/mol. The predicted molar refractivity (Wildman–Crippen MR) is 116 cm³/mol. The molecule has 6 heteroatoms. The Balaban J connectivity index is 1.56. The second kappa shape index (κ2) is 9.90. The first-order valence-electron chi connectivity index (χ1n) is 9.27. The van der Waals surface area contributed by atoms with Crippen LogP contribution in [0.4, 0.5) is 0 Å². The molecule has 0 aliphatic heterocycles. The number of hydrogen-bond donors (Lipinski definition) is 2. The number of nitrogens with one attached hydrogen (secondary N) is 2. The highest BCUT2D eigenvalue weighted by atomic mass is 32.1. The highest BCUT2D eigenvalue weighted by Crippen LogP contribution is 2.19. The van der Waals surface area contributed by atoms with Crippen LogP contribution in [0.25, 0.3) is 0 Å². The number of aryl methyl sites for hydroxylation is 2. The number of guanidine groups is 1. The van der Waals surface area contributed by atoms with E-state index >= 15 is 0 Å². The summed E-state index contributed by atoms with van der Waals surface area (Å²) in [5.74, 6) is 1.63. The molecule has 1 heterocycles. The molecule has 2 N–H and O–H groups in total. The van der Waals surface area contributed by atoms with E-state index in [0.717, 1.165) is 33.5 Å². The molecule has 3 aromatic rings. The molecule has 0 amide bonds. The van der Waals surface area contributed by atoms with Crippen LogP contribution in [0, 0.1) is 13.8 Å². The van der Waals surface area contributed by atoms with Gasteiger partial charge in [-0.05, 0) is 25.5 Å². The first-order chi connectivity index (χ1) is 13.7. The number of benzene rings is 2. The smallest absolute Gasteiger partial charge is 0.191 e. The third kappa shape index (κ3) is 5.57. The standard InChI is InChI=1S/C22H26N4OS/c1-16-21(28-17(2)26-16)14-25-22(23-3)24-13-19-11-7-8-12-20(19)27-15-18-9-5-4-6-10-18/h4-12H,13-15H2,1-3H3,(H2,23,24,25). The summed E-state index contributed by atoms with van der Waals surface area (Å²) >= 11 is 1.71. The molecule has 28 heavy (non-hydrogen) atoms. The number of aliphatic imine (C=N–C) groups is 1. The van der Waals surface area contributed by atoms with Gasteiger partial charge < -0.3 is 15.4 Å². The zero-order chi connectivity index (χ0) is 19.8. The van der Waals surface area contributed by atoms with Gasteiger partial charge in [0.25, 0.3) is 0 Å². The van der Waals surface area contributed by atoms with Crippen LogP contribution >= 0.6 is 11.3 Å². The topological polar surface area (TPSA) is 58.5 Å². The molecule has 0 saturated heterocycles. The van der Waals surface area contributed by atoms with Crippen molar-refractivity contribution in [3.8, 4) is 5.75 Å². The molecule has 0 radical (unpaired) electrons. The van der Waals surface area contributed by atoms with Crippen LogP contribution in [0.15, 0.2) is 59.6 Å². The van der Waals surface area contributed by atoms with E-state index in [2.05, 4.69) is 38.8 Å². The van der Waals surface area contributed by atoms with E-state index in [0.29, 0.717) is 19.7 Å². The third-order valence-corrected chi connectivity index (χ3v) is 5.37. The molecule has 0 atom stereocenters. The quantitative estimate of drug-likeness (QED) is 0.466. The summed E-state index contributed by atoms with van der Waals surface area (Å²) in [5.41, 5.74) is 3.31. The second-order valence-electron chi connectivity index (χ2n) is 6.40. The van der Waals surface area contributed by atoms with Crippen LogP contribution in [0.1, 0.15) is 26.7 Å². The van der Waals surface area contributed by atoms with Crippen molar-refractivity contribution in [1.29, 1.82) is 0 Å². The van der Waals surface area contributed by atoms with Crippen molar-refractivity contribution in [2.24, 2.45) is 4.99 Å². The molecule has 0 aliphatic rings. The van der Waals surface area contributed by atoms with Gasteiger partial charge in [0.05, 0.1) is 17.2 Å². The Morgan fingerprint density at radius 1 is 1.00 bits per heavy atom. The van der Waals surface area contributed by atoms with E-state index in [4.69, 9.17) is 4.74 Å². The van der Waals surface area contributed by atoms with E-state index in [1.807, 2.05) is 50.2 Å². The van der Waals surface area contributed by atoms with Crippen LogP contribution < -0.4 is 15.4 Å². The lowest BCUT2D eigenvalue weighted by molar-refractivity contribution is 0.302. The Labute approximate surface area is 170 Å². The van der Waals surface area contributed by atoms with E-state index in [-0.39, 0.29) is 0 Å². The highest BCUT2D eigenvalue weighted by molar-refractivity contribution is 7.11. The minimum atomic E-state index is 0.550. The minimum Gasteiger partial charge on any atom is -0.489 e. The van der Waals surface area contributed by atoms with Crippen molar-refractivity contribution in [3.05, 3.63) is 81.3 Å². The Morgan fingerprint density at radius 3 is 2.43 bits per heavy atom. The lowest BCUT2D eigenvalue weighted by Gasteiger charge is -2.15. The molecule has 0 spiro atoms. The van der Waals surface area contributed by atoms with Crippen molar-refractivity contribution in [2.45, 2.75) is 33.5 Å². The van der Waals surface area contributed by atoms with Gasteiger partial charge >= 0.3 is 0 Å². The summed E-state index contributed by atoms with van der Waals surface area (Å²) in [6.07, 6.45) is 0. The molecule has 3 rings (SSSR count). The molecule has 146 valence electrons. The zero-order valence-corrected chi connectivity index (χ0v) is 17.3. The first kappa shape index (κ1) is 19.9. The van der Waals surface area contributed by atoms with Crippen LogP contribution in [-0.2, 0) is 19.7 Å². The predicted octanol–water partition coefficient (Wildman–Crippen LogP) is 4.20. The molecule has 0 unspecified atom stereocenters. The van der Waals surface area contributed by atoms with Gasteiger partial charge in [-0.25, -0.2) is 4.98 Å². The molecule has 5 nitrogen and oxygen atoms in total. The fourth-order valence-electron chi connectivity index (χ4n) is 2.83. The van der Waals surface area contributed by atoms with Crippen molar-refractivity contribution >= 4 is 17.3 Å². The largest absolute Gasteiger partial charge is 0.489 e. The fourth-order valence-corrected chi connectivity index (χ4v) is 3.70. The number of para-hydroxylation sites is 1. The Hall–Kier alpha value is -2.86. The van der Waals surface area contributed by atoms with Gasteiger partial charge in [0.15, 0.2) is 5.96 Å². The number of nitrogens with zero attached hydrogens (tertiary/aromatic N) is 2.